The average Bonchev–Trinajstić information content (AvgIpc) is 3.30. The van der Waals surface area contributed by atoms with Crippen molar-refractivity contribution >= 4 is 33.3 Å². The van der Waals surface area contributed by atoms with Crippen molar-refractivity contribution in [1.29, 1.82) is 0 Å². The number of carbonyl (C=O) groups excluding carboxylic acids is 1. The van der Waals surface area contributed by atoms with E-state index in [-0.39, 0.29) is 23.6 Å². The minimum Gasteiger partial charge on any atom is -0.497 e. The molecule has 0 aliphatic rings. The number of nitrogens with one attached hydrogen (secondary N) is 1. The number of anilines is 1. The third-order valence-corrected chi connectivity index (χ3v) is 4.93. The summed E-state index contributed by atoms with van der Waals surface area (Å²) in [4.78, 5) is 16.5. The highest BCUT2D eigenvalue weighted by Crippen LogP contribution is 2.29. The number of rotatable bonds is 5. The second-order valence-electron chi connectivity index (χ2n) is 6.01. The van der Waals surface area contributed by atoms with Gasteiger partial charge in [0.2, 0.25) is 5.91 Å². The lowest BCUT2D eigenvalue weighted by Gasteiger charge is -2.02. The van der Waals surface area contributed by atoms with Crippen LogP contribution in [0.4, 0.5) is 13.9 Å². The zero-order chi connectivity index (χ0) is 19.7. The van der Waals surface area contributed by atoms with Gasteiger partial charge >= 0.3 is 0 Å². The van der Waals surface area contributed by atoms with Gasteiger partial charge in [0, 0.05) is 28.0 Å². The molecule has 28 heavy (non-hydrogen) atoms. The van der Waals surface area contributed by atoms with E-state index in [1.54, 1.807) is 24.6 Å². The summed E-state index contributed by atoms with van der Waals surface area (Å²) in [6.45, 7) is 0. The molecule has 1 amide bonds. The number of methoxy groups -OCH3 is 1. The Morgan fingerprint density at radius 3 is 2.93 bits per heavy atom. The normalized spacial score (nSPS) is 11.0. The fourth-order valence-electron chi connectivity index (χ4n) is 2.81. The molecule has 0 aliphatic carbocycles. The molecule has 2 aromatic carbocycles. The monoisotopic (exact) mass is 400 g/mol. The Morgan fingerprint density at radius 2 is 2.11 bits per heavy atom. The van der Waals surface area contributed by atoms with Gasteiger partial charge in [-0.25, -0.2) is 13.8 Å². The van der Waals surface area contributed by atoms with Crippen LogP contribution >= 0.6 is 11.3 Å². The lowest BCUT2D eigenvalue weighted by Crippen LogP contribution is -2.14. The minimum absolute atomic E-state index is 0.0477. The van der Waals surface area contributed by atoms with Crippen molar-refractivity contribution in [2.45, 2.75) is 6.42 Å². The van der Waals surface area contributed by atoms with Gasteiger partial charge in [0.05, 0.1) is 25.5 Å². The maximum atomic E-state index is 13.9. The third kappa shape index (κ3) is 3.59. The summed E-state index contributed by atoms with van der Waals surface area (Å²) in [7, 11) is 1.57. The molecule has 8 heteroatoms. The van der Waals surface area contributed by atoms with Crippen molar-refractivity contribution < 1.29 is 22.7 Å². The predicted octanol–water partition coefficient (Wildman–Crippen LogP) is 5.02. The van der Waals surface area contributed by atoms with Crippen LogP contribution in [0, 0.1) is 11.6 Å². The maximum absolute atomic E-state index is 13.9. The molecule has 0 saturated carbocycles. The lowest BCUT2D eigenvalue weighted by molar-refractivity contribution is -0.115. The molecule has 0 aliphatic heterocycles. The number of hydrogen-bond donors (Lipinski definition) is 1. The number of benzene rings is 2. The Kier molecular flexibility index (Phi) is 4.79. The topological polar surface area (TPSA) is 64.4 Å². The molecule has 142 valence electrons. The Morgan fingerprint density at radius 1 is 1.25 bits per heavy atom. The van der Waals surface area contributed by atoms with Gasteiger partial charge in [-0.15, -0.1) is 11.3 Å². The summed E-state index contributed by atoms with van der Waals surface area (Å²) in [5, 5.41) is 5.36. The molecule has 0 bridgehead atoms. The maximum Gasteiger partial charge on any atom is 0.230 e. The fraction of sp³-hybridized carbons (Fsp3) is 0.100. The Labute approximate surface area is 162 Å². The van der Waals surface area contributed by atoms with Gasteiger partial charge in [-0.1, -0.05) is 0 Å². The number of halogens is 2. The van der Waals surface area contributed by atoms with Gasteiger partial charge in [0.15, 0.2) is 5.13 Å². The zero-order valence-electron chi connectivity index (χ0n) is 14.7. The largest absolute Gasteiger partial charge is 0.497 e. The van der Waals surface area contributed by atoms with Crippen LogP contribution in [0.1, 0.15) is 5.56 Å². The number of fused-ring (bicyclic) bond motifs is 1. The van der Waals surface area contributed by atoms with E-state index in [1.807, 2.05) is 6.07 Å². The van der Waals surface area contributed by atoms with Crippen molar-refractivity contribution in [1.82, 2.24) is 4.98 Å². The standard InChI is InChI=1S/C20H14F2N2O3S/c1-26-13-3-4-14-11(9-27-18(14)8-13)6-19(25)24-20-23-17(10-28-20)15-7-12(21)2-5-16(15)22/h2-5,7-10H,6H2,1H3,(H,23,24,25). The molecular weight excluding hydrogens is 386 g/mol. The number of furan rings is 1. The van der Waals surface area contributed by atoms with Gasteiger partial charge in [0.1, 0.15) is 23.0 Å². The summed E-state index contributed by atoms with van der Waals surface area (Å²) < 4.78 is 37.9. The molecule has 4 rings (SSSR count). The number of hydrogen-bond acceptors (Lipinski definition) is 5. The first-order valence-electron chi connectivity index (χ1n) is 8.28. The second-order valence-corrected chi connectivity index (χ2v) is 6.87. The number of aromatic nitrogens is 1. The Bertz CT molecular complexity index is 1170. The molecule has 0 radical (unpaired) electrons. The summed E-state index contributed by atoms with van der Waals surface area (Å²) in [5.41, 5.74) is 1.66. The molecule has 2 heterocycles. The van der Waals surface area contributed by atoms with Crippen molar-refractivity contribution in [2.75, 3.05) is 12.4 Å². The number of carbonyl (C=O) groups is 1. The minimum atomic E-state index is -0.579. The van der Waals surface area contributed by atoms with Gasteiger partial charge in [-0.05, 0) is 30.3 Å². The van der Waals surface area contributed by atoms with Crippen LogP contribution in [-0.2, 0) is 11.2 Å². The summed E-state index contributed by atoms with van der Waals surface area (Å²) in [6.07, 6.45) is 1.61. The van der Waals surface area contributed by atoms with Gasteiger partial charge < -0.3 is 14.5 Å². The van der Waals surface area contributed by atoms with Crippen LogP contribution in [0.25, 0.3) is 22.2 Å². The van der Waals surface area contributed by atoms with Crippen LogP contribution in [0.2, 0.25) is 0 Å². The average molecular weight is 400 g/mol. The van der Waals surface area contributed by atoms with E-state index in [9.17, 15) is 13.6 Å². The van der Waals surface area contributed by atoms with E-state index >= 15 is 0 Å². The number of ether oxygens (including phenoxy) is 1. The summed E-state index contributed by atoms with van der Waals surface area (Å²) >= 11 is 1.14. The van der Waals surface area contributed by atoms with Crippen LogP contribution in [0.3, 0.4) is 0 Å². The molecule has 0 unspecified atom stereocenters. The quantitative estimate of drug-likeness (QED) is 0.511. The first kappa shape index (κ1) is 18.1. The number of nitrogens with zero attached hydrogens (tertiary/aromatic N) is 1. The Hall–Kier alpha value is -3.26. The van der Waals surface area contributed by atoms with E-state index in [0.29, 0.717) is 16.5 Å². The van der Waals surface area contributed by atoms with Crippen molar-refractivity contribution in [3.8, 4) is 17.0 Å². The van der Waals surface area contributed by atoms with Crippen molar-refractivity contribution in [3.05, 3.63) is 65.2 Å². The molecule has 4 aromatic rings. The molecule has 5 nitrogen and oxygen atoms in total. The first-order chi connectivity index (χ1) is 13.5. The summed E-state index contributed by atoms with van der Waals surface area (Å²) in [6, 6.07) is 8.52. The Balaban J connectivity index is 1.49. The highest BCUT2D eigenvalue weighted by Gasteiger charge is 2.15. The fourth-order valence-corrected chi connectivity index (χ4v) is 3.54. The van der Waals surface area contributed by atoms with Gasteiger partial charge in [-0.3, -0.25) is 4.79 Å². The van der Waals surface area contributed by atoms with E-state index in [4.69, 9.17) is 9.15 Å². The van der Waals surface area contributed by atoms with Crippen LogP contribution in [0.15, 0.2) is 52.5 Å². The van der Waals surface area contributed by atoms with Crippen LogP contribution in [0.5, 0.6) is 5.75 Å². The predicted molar refractivity (Wildman–Crippen MR) is 103 cm³/mol. The van der Waals surface area contributed by atoms with Crippen LogP contribution < -0.4 is 10.1 Å². The summed E-state index contributed by atoms with van der Waals surface area (Å²) in [5.74, 6) is -0.764. The second kappa shape index (κ2) is 7.40. The molecule has 0 atom stereocenters. The SMILES string of the molecule is COc1ccc2c(CC(=O)Nc3nc(-c4cc(F)ccc4F)cs3)coc2c1. The zero-order valence-corrected chi connectivity index (χ0v) is 15.5. The van der Waals surface area contributed by atoms with Gasteiger partial charge in [-0.2, -0.15) is 0 Å². The van der Waals surface area contributed by atoms with E-state index < -0.39 is 11.6 Å². The van der Waals surface area contributed by atoms with E-state index in [0.717, 1.165) is 40.5 Å². The molecule has 0 spiro atoms. The molecule has 1 N–H and O–H groups in total. The van der Waals surface area contributed by atoms with Crippen LogP contribution in [-0.4, -0.2) is 18.0 Å². The van der Waals surface area contributed by atoms with E-state index in [1.165, 1.54) is 6.26 Å². The van der Waals surface area contributed by atoms with Crippen molar-refractivity contribution in [3.63, 3.8) is 0 Å². The van der Waals surface area contributed by atoms with E-state index in [2.05, 4.69) is 10.3 Å². The first-order valence-corrected chi connectivity index (χ1v) is 9.16. The highest BCUT2D eigenvalue weighted by molar-refractivity contribution is 7.14. The molecule has 0 fully saturated rings. The number of amides is 1. The van der Waals surface area contributed by atoms with Gasteiger partial charge in [0.25, 0.3) is 0 Å². The highest BCUT2D eigenvalue weighted by atomic mass is 32.1. The molecular formula is C20H14F2N2O3S. The number of thiazole rings is 1. The smallest absolute Gasteiger partial charge is 0.230 e. The third-order valence-electron chi connectivity index (χ3n) is 4.17. The molecule has 2 aromatic heterocycles. The molecule has 0 saturated heterocycles. The van der Waals surface area contributed by atoms with Crippen molar-refractivity contribution in [2.24, 2.45) is 0 Å². The lowest BCUT2D eigenvalue weighted by atomic mass is 10.1.